The van der Waals surface area contributed by atoms with Gasteiger partial charge in [0.1, 0.15) is 5.82 Å². The number of nitrogens with one attached hydrogen (secondary N) is 2. The molecule has 0 spiro atoms. The van der Waals surface area contributed by atoms with Crippen molar-refractivity contribution in [3.8, 4) is 5.82 Å². The van der Waals surface area contributed by atoms with Crippen molar-refractivity contribution in [2.75, 3.05) is 36.4 Å². The molecule has 2 N–H and O–H groups in total. The Labute approximate surface area is 169 Å². The number of piperazine rings is 1. The number of amides is 1. The van der Waals surface area contributed by atoms with Gasteiger partial charge in [-0.1, -0.05) is 6.07 Å². The monoisotopic (exact) mass is 417 g/mol. The second kappa shape index (κ2) is 8.11. The third-order valence-corrected chi connectivity index (χ3v) is 4.56. The van der Waals surface area contributed by atoms with E-state index in [9.17, 15) is 18.0 Å². The Balaban J connectivity index is 1.56. The molecule has 0 unspecified atom stereocenters. The second-order valence-corrected chi connectivity index (χ2v) is 6.62. The first-order valence-corrected chi connectivity index (χ1v) is 9.23. The first kappa shape index (κ1) is 19.8. The molecule has 30 heavy (non-hydrogen) atoms. The van der Waals surface area contributed by atoms with E-state index in [0.29, 0.717) is 0 Å². The number of nitrogens with zero attached hydrogens (tertiary/aromatic N) is 5. The first-order chi connectivity index (χ1) is 14.4. The van der Waals surface area contributed by atoms with Gasteiger partial charge in [-0.3, -0.25) is 4.79 Å². The van der Waals surface area contributed by atoms with E-state index in [0.717, 1.165) is 42.9 Å². The molecule has 4 heterocycles. The van der Waals surface area contributed by atoms with E-state index in [2.05, 4.69) is 30.6 Å². The fraction of sp³-hybridized carbons (Fsp3) is 0.263. The Morgan fingerprint density at radius 1 is 1.07 bits per heavy atom. The van der Waals surface area contributed by atoms with Crippen molar-refractivity contribution < 1.29 is 18.0 Å². The summed E-state index contributed by atoms with van der Waals surface area (Å²) in [6.45, 7) is 3.31. The van der Waals surface area contributed by atoms with Crippen molar-refractivity contribution in [2.45, 2.75) is 6.18 Å². The third kappa shape index (κ3) is 4.25. The molecule has 4 rings (SSSR count). The molecule has 0 aromatic carbocycles. The summed E-state index contributed by atoms with van der Waals surface area (Å²) < 4.78 is 41.2. The van der Waals surface area contributed by atoms with Gasteiger partial charge in [0, 0.05) is 38.6 Å². The molecular formula is C19H18F3N7O. The molecule has 11 heteroatoms. The summed E-state index contributed by atoms with van der Waals surface area (Å²) in [5.74, 6) is -0.0150. The molecule has 0 radical (unpaired) electrons. The number of hydrogen-bond donors (Lipinski definition) is 2. The van der Waals surface area contributed by atoms with Crippen LogP contribution >= 0.6 is 0 Å². The van der Waals surface area contributed by atoms with Crippen LogP contribution in [-0.2, 0) is 6.18 Å². The van der Waals surface area contributed by atoms with Crippen LogP contribution in [0, 0.1) is 0 Å². The SMILES string of the molecule is O=C(Nc1ccc(N2CCNCC2)nc1)c1cn(-c2ccccn2)nc1C(F)(F)F. The van der Waals surface area contributed by atoms with Crippen LogP contribution in [0.4, 0.5) is 24.7 Å². The van der Waals surface area contributed by atoms with Crippen LogP contribution in [-0.4, -0.2) is 51.8 Å². The normalized spacial score (nSPS) is 14.6. The maximum absolute atomic E-state index is 13.4. The Kier molecular flexibility index (Phi) is 5.36. The topological polar surface area (TPSA) is 88.0 Å². The molecule has 1 fully saturated rings. The molecule has 1 aliphatic rings. The van der Waals surface area contributed by atoms with Crippen LogP contribution in [0.5, 0.6) is 0 Å². The predicted octanol–water partition coefficient (Wildman–Crippen LogP) is 2.34. The fourth-order valence-electron chi connectivity index (χ4n) is 3.10. The number of carbonyl (C=O) groups excluding carboxylic acids is 1. The maximum atomic E-state index is 13.4. The standard InChI is InChI=1S/C19H18F3N7O/c20-19(21,22)17-14(12-29(27-17)16-3-1-2-6-24-16)18(30)26-13-4-5-15(25-11-13)28-9-7-23-8-10-28/h1-6,11-12,23H,7-10H2,(H,26,30). The minimum atomic E-state index is -4.79. The van der Waals surface area contributed by atoms with E-state index >= 15 is 0 Å². The first-order valence-electron chi connectivity index (χ1n) is 9.23. The summed E-state index contributed by atoms with van der Waals surface area (Å²) in [4.78, 5) is 22.9. The van der Waals surface area contributed by atoms with Crippen molar-refractivity contribution >= 4 is 17.4 Å². The van der Waals surface area contributed by atoms with Gasteiger partial charge in [0.25, 0.3) is 5.91 Å². The zero-order chi connectivity index (χ0) is 21.1. The summed E-state index contributed by atoms with van der Waals surface area (Å²) in [7, 11) is 0. The van der Waals surface area contributed by atoms with Gasteiger partial charge >= 0.3 is 6.18 Å². The van der Waals surface area contributed by atoms with Crippen LogP contribution < -0.4 is 15.5 Å². The zero-order valence-electron chi connectivity index (χ0n) is 15.7. The highest BCUT2D eigenvalue weighted by Gasteiger charge is 2.39. The number of aromatic nitrogens is 4. The van der Waals surface area contributed by atoms with Crippen molar-refractivity contribution in [1.29, 1.82) is 0 Å². The van der Waals surface area contributed by atoms with Crippen LogP contribution in [0.15, 0.2) is 48.9 Å². The molecule has 156 valence electrons. The van der Waals surface area contributed by atoms with Gasteiger partial charge in [0.15, 0.2) is 11.5 Å². The lowest BCUT2D eigenvalue weighted by Gasteiger charge is -2.28. The average Bonchev–Trinajstić information content (AvgIpc) is 3.22. The minimum Gasteiger partial charge on any atom is -0.354 e. The van der Waals surface area contributed by atoms with Gasteiger partial charge in [0.2, 0.25) is 0 Å². The van der Waals surface area contributed by atoms with Gasteiger partial charge in [0.05, 0.1) is 17.4 Å². The number of alkyl halides is 3. The fourth-order valence-corrected chi connectivity index (χ4v) is 3.10. The molecule has 1 saturated heterocycles. The average molecular weight is 417 g/mol. The minimum absolute atomic E-state index is 0.170. The number of halogens is 3. The summed E-state index contributed by atoms with van der Waals surface area (Å²) >= 11 is 0. The van der Waals surface area contributed by atoms with Crippen LogP contribution in [0.25, 0.3) is 5.82 Å². The Morgan fingerprint density at radius 3 is 2.50 bits per heavy atom. The molecule has 3 aromatic rings. The number of carbonyl (C=O) groups is 1. The van der Waals surface area contributed by atoms with Crippen molar-refractivity contribution in [3.05, 3.63) is 60.2 Å². The van der Waals surface area contributed by atoms with Gasteiger partial charge in [-0.2, -0.15) is 18.3 Å². The summed E-state index contributed by atoms with van der Waals surface area (Å²) in [6, 6.07) is 8.07. The Morgan fingerprint density at radius 2 is 1.87 bits per heavy atom. The number of hydrogen-bond acceptors (Lipinski definition) is 6. The van der Waals surface area contributed by atoms with E-state index in [-0.39, 0.29) is 11.5 Å². The summed E-state index contributed by atoms with van der Waals surface area (Å²) in [5, 5.41) is 9.23. The van der Waals surface area contributed by atoms with Gasteiger partial charge in [-0.25, -0.2) is 14.6 Å². The highest BCUT2D eigenvalue weighted by atomic mass is 19.4. The molecule has 0 bridgehead atoms. The summed E-state index contributed by atoms with van der Waals surface area (Å²) in [5.41, 5.74) is -1.59. The second-order valence-electron chi connectivity index (χ2n) is 6.62. The molecule has 0 aliphatic carbocycles. The molecule has 0 saturated carbocycles. The van der Waals surface area contributed by atoms with Crippen LogP contribution in [0.2, 0.25) is 0 Å². The predicted molar refractivity (Wildman–Crippen MR) is 104 cm³/mol. The van der Waals surface area contributed by atoms with E-state index in [4.69, 9.17) is 0 Å². The van der Waals surface area contributed by atoms with E-state index in [1.165, 1.54) is 18.5 Å². The Hall–Kier alpha value is -3.47. The number of rotatable bonds is 4. The summed E-state index contributed by atoms with van der Waals surface area (Å²) in [6.07, 6.45) is -0.929. The Bertz CT molecular complexity index is 1010. The van der Waals surface area contributed by atoms with E-state index in [1.807, 2.05) is 0 Å². The molecule has 0 atom stereocenters. The van der Waals surface area contributed by atoms with Crippen LogP contribution in [0.1, 0.15) is 16.1 Å². The van der Waals surface area contributed by atoms with Crippen molar-refractivity contribution in [2.24, 2.45) is 0 Å². The van der Waals surface area contributed by atoms with E-state index < -0.39 is 23.3 Å². The van der Waals surface area contributed by atoms with Crippen LogP contribution in [0.3, 0.4) is 0 Å². The van der Waals surface area contributed by atoms with Crippen molar-refractivity contribution in [3.63, 3.8) is 0 Å². The molecule has 3 aromatic heterocycles. The third-order valence-electron chi connectivity index (χ3n) is 4.56. The number of pyridine rings is 2. The highest BCUT2D eigenvalue weighted by Crippen LogP contribution is 2.31. The lowest BCUT2D eigenvalue weighted by atomic mass is 10.2. The largest absolute Gasteiger partial charge is 0.435 e. The van der Waals surface area contributed by atoms with Gasteiger partial charge < -0.3 is 15.5 Å². The maximum Gasteiger partial charge on any atom is 0.435 e. The molecular weight excluding hydrogens is 399 g/mol. The smallest absolute Gasteiger partial charge is 0.354 e. The lowest BCUT2D eigenvalue weighted by molar-refractivity contribution is -0.141. The molecule has 1 aliphatic heterocycles. The molecule has 1 amide bonds. The molecule has 8 nitrogen and oxygen atoms in total. The van der Waals surface area contributed by atoms with Gasteiger partial charge in [-0.05, 0) is 24.3 Å². The quantitative estimate of drug-likeness (QED) is 0.678. The van der Waals surface area contributed by atoms with Crippen molar-refractivity contribution in [1.82, 2.24) is 25.1 Å². The number of anilines is 2. The zero-order valence-corrected chi connectivity index (χ0v) is 15.7. The highest BCUT2D eigenvalue weighted by molar-refractivity contribution is 6.05. The lowest BCUT2D eigenvalue weighted by Crippen LogP contribution is -2.43. The van der Waals surface area contributed by atoms with Gasteiger partial charge in [-0.15, -0.1) is 0 Å². The van der Waals surface area contributed by atoms with E-state index in [1.54, 1.807) is 24.3 Å².